The molecule has 1 atom stereocenters. The van der Waals surface area contributed by atoms with Crippen LogP contribution in [0.4, 0.5) is 11.4 Å². The molecule has 2 aromatic carbocycles. The molecular weight excluding hydrogens is 386 g/mol. The molecule has 2 heterocycles. The number of aryl methyl sites for hydroxylation is 1. The van der Waals surface area contributed by atoms with Crippen LogP contribution in [-0.2, 0) is 14.3 Å². The van der Waals surface area contributed by atoms with Crippen molar-refractivity contribution in [3.63, 3.8) is 0 Å². The standard InChI is InChI=1S/C22H21N3O5/c1-3-29-22(28)14-5-4-6-16(9-14)24-21(27)15-10-20(26)25(12-15)17-7-8-19-18(11-17)23-13(2)30-19/h4-9,11,15H,3,10,12H2,1-2H3,(H,24,27)/t15-/m0/s1. The van der Waals surface area contributed by atoms with Crippen molar-refractivity contribution in [1.82, 2.24) is 4.98 Å². The van der Waals surface area contributed by atoms with Gasteiger partial charge in [-0.2, -0.15) is 0 Å². The predicted molar refractivity (Wildman–Crippen MR) is 110 cm³/mol. The number of oxazole rings is 1. The van der Waals surface area contributed by atoms with E-state index in [9.17, 15) is 14.4 Å². The second-order valence-electron chi connectivity index (χ2n) is 7.08. The molecule has 8 nitrogen and oxygen atoms in total. The topological polar surface area (TPSA) is 102 Å². The molecular formula is C22H21N3O5. The number of carbonyl (C=O) groups excluding carboxylic acids is 3. The molecule has 8 heteroatoms. The third kappa shape index (κ3) is 3.89. The third-order valence-corrected chi connectivity index (χ3v) is 4.93. The number of rotatable bonds is 5. The minimum atomic E-state index is -0.501. The number of carbonyl (C=O) groups is 3. The lowest BCUT2D eigenvalue weighted by Crippen LogP contribution is -2.28. The van der Waals surface area contributed by atoms with Gasteiger partial charge in [0.1, 0.15) is 5.52 Å². The highest BCUT2D eigenvalue weighted by molar-refractivity contribution is 6.04. The van der Waals surface area contributed by atoms with Gasteiger partial charge in [0.15, 0.2) is 11.5 Å². The van der Waals surface area contributed by atoms with Crippen LogP contribution in [-0.4, -0.2) is 35.9 Å². The van der Waals surface area contributed by atoms with Crippen molar-refractivity contribution < 1.29 is 23.5 Å². The van der Waals surface area contributed by atoms with E-state index in [-0.39, 0.29) is 31.4 Å². The maximum atomic E-state index is 12.7. The largest absolute Gasteiger partial charge is 0.462 e. The van der Waals surface area contributed by atoms with Gasteiger partial charge in [0, 0.05) is 31.3 Å². The number of amides is 2. The highest BCUT2D eigenvalue weighted by atomic mass is 16.5. The molecule has 1 fully saturated rings. The van der Waals surface area contributed by atoms with Crippen molar-refractivity contribution in [1.29, 1.82) is 0 Å². The lowest BCUT2D eigenvalue weighted by Gasteiger charge is -2.16. The fourth-order valence-corrected chi connectivity index (χ4v) is 3.51. The van der Waals surface area contributed by atoms with E-state index in [1.165, 1.54) is 0 Å². The molecule has 4 rings (SSSR count). The predicted octanol–water partition coefficient (Wildman–Crippen LogP) is 3.30. The number of benzene rings is 2. The number of ether oxygens (including phenoxy) is 1. The highest BCUT2D eigenvalue weighted by Gasteiger charge is 2.35. The smallest absolute Gasteiger partial charge is 0.338 e. The monoisotopic (exact) mass is 407 g/mol. The Morgan fingerprint density at radius 1 is 1.27 bits per heavy atom. The van der Waals surface area contributed by atoms with E-state index in [1.54, 1.807) is 61.2 Å². The zero-order chi connectivity index (χ0) is 21.3. The van der Waals surface area contributed by atoms with Crippen LogP contribution in [0, 0.1) is 12.8 Å². The molecule has 0 spiro atoms. The lowest BCUT2D eigenvalue weighted by molar-refractivity contribution is -0.122. The fraction of sp³-hybridized carbons (Fsp3) is 0.273. The third-order valence-electron chi connectivity index (χ3n) is 4.93. The van der Waals surface area contributed by atoms with E-state index in [2.05, 4.69) is 10.3 Å². The van der Waals surface area contributed by atoms with Crippen LogP contribution >= 0.6 is 0 Å². The fourth-order valence-electron chi connectivity index (χ4n) is 3.51. The van der Waals surface area contributed by atoms with Gasteiger partial charge in [-0.25, -0.2) is 9.78 Å². The molecule has 3 aromatic rings. The summed E-state index contributed by atoms with van der Waals surface area (Å²) in [6.07, 6.45) is 0.110. The van der Waals surface area contributed by atoms with Gasteiger partial charge in [0.25, 0.3) is 0 Å². The van der Waals surface area contributed by atoms with Crippen LogP contribution < -0.4 is 10.2 Å². The maximum Gasteiger partial charge on any atom is 0.338 e. The molecule has 1 aromatic heterocycles. The Hall–Kier alpha value is -3.68. The van der Waals surface area contributed by atoms with E-state index in [4.69, 9.17) is 9.15 Å². The summed E-state index contributed by atoms with van der Waals surface area (Å²) in [6.45, 7) is 4.03. The SMILES string of the molecule is CCOC(=O)c1cccc(NC(=O)[C@H]2CC(=O)N(c3ccc4oc(C)nc4c3)C2)c1. The van der Waals surface area contributed by atoms with Crippen LogP contribution in [0.2, 0.25) is 0 Å². The van der Waals surface area contributed by atoms with Crippen molar-refractivity contribution in [2.24, 2.45) is 5.92 Å². The summed E-state index contributed by atoms with van der Waals surface area (Å²) in [6, 6.07) is 11.9. The highest BCUT2D eigenvalue weighted by Crippen LogP contribution is 2.29. The number of aromatic nitrogens is 1. The quantitative estimate of drug-likeness (QED) is 0.651. The molecule has 0 unspecified atom stereocenters. The van der Waals surface area contributed by atoms with Crippen molar-refractivity contribution in [2.45, 2.75) is 20.3 Å². The number of nitrogens with one attached hydrogen (secondary N) is 1. The summed E-state index contributed by atoms with van der Waals surface area (Å²) < 4.78 is 10.5. The summed E-state index contributed by atoms with van der Waals surface area (Å²) >= 11 is 0. The van der Waals surface area contributed by atoms with E-state index in [1.807, 2.05) is 0 Å². The number of hydrogen-bond acceptors (Lipinski definition) is 6. The molecule has 30 heavy (non-hydrogen) atoms. The number of esters is 1. The van der Waals surface area contributed by atoms with Gasteiger partial charge in [-0.15, -0.1) is 0 Å². The summed E-state index contributed by atoms with van der Waals surface area (Å²) in [5, 5.41) is 2.79. The maximum absolute atomic E-state index is 12.7. The Bertz CT molecular complexity index is 1140. The Kier molecular flexibility index (Phi) is 5.22. The van der Waals surface area contributed by atoms with E-state index >= 15 is 0 Å². The number of nitrogens with zero attached hydrogens (tertiary/aromatic N) is 2. The van der Waals surface area contributed by atoms with Crippen molar-refractivity contribution >= 4 is 40.3 Å². The van der Waals surface area contributed by atoms with Gasteiger partial charge in [0.05, 0.1) is 18.1 Å². The lowest BCUT2D eigenvalue weighted by atomic mass is 10.1. The summed E-state index contributed by atoms with van der Waals surface area (Å²) in [7, 11) is 0. The first-order valence-corrected chi connectivity index (χ1v) is 9.70. The normalized spacial score (nSPS) is 16.1. The molecule has 1 saturated heterocycles. The zero-order valence-corrected chi connectivity index (χ0v) is 16.7. The van der Waals surface area contributed by atoms with Crippen molar-refractivity contribution in [3.8, 4) is 0 Å². The molecule has 0 radical (unpaired) electrons. The van der Waals surface area contributed by atoms with E-state index < -0.39 is 11.9 Å². The first-order chi connectivity index (χ1) is 14.4. The van der Waals surface area contributed by atoms with Crippen LogP contribution in [0.15, 0.2) is 46.9 Å². The average molecular weight is 407 g/mol. The summed E-state index contributed by atoms with van der Waals surface area (Å²) in [4.78, 5) is 43.0. The van der Waals surface area contributed by atoms with Crippen LogP contribution in [0.1, 0.15) is 29.6 Å². The molecule has 1 N–H and O–H groups in total. The van der Waals surface area contributed by atoms with Crippen molar-refractivity contribution in [3.05, 3.63) is 53.9 Å². The van der Waals surface area contributed by atoms with E-state index in [0.717, 1.165) is 0 Å². The number of fused-ring (bicyclic) bond motifs is 1. The summed E-state index contributed by atoms with van der Waals surface area (Å²) in [5.74, 6) is -0.801. The molecule has 2 amide bonds. The second kappa shape index (κ2) is 7.98. The molecule has 0 saturated carbocycles. The van der Waals surface area contributed by atoms with Crippen LogP contribution in [0.5, 0.6) is 0 Å². The first kappa shape index (κ1) is 19.6. The van der Waals surface area contributed by atoms with Gasteiger partial charge in [0.2, 0.25) is 11.8 Å². The summed E-state index contributed by atoms with van der Waals surface area (Å²) in [5.41, 5.74) is 2.84. The number of anilines is 2. The Labute approximate surface area is 172 Å². The first-order valence-electron chi connectivity index (χ1n) is 9.70. The Balaban J connectivity index is 1.46. The minimum absolute atomic E-state index is 0.110. The second-order valence-corrected chi connectivity index (χ2v) is 7.08. The molecule has 1 aliphatic rings. The minimum Gasteiger partial charge on any atom is -0.462 e. The Morgan fingerprint density at radius 3 is 2.90 bits per heavy atom. The molecule has 1 aliphatic heterocycles. The number of hydrogen-bond donors (Lipinski definition) is 1. The zero-order valence-electron chi connectivity index (χ0n) is 16.7. The van der Waals surface area contributed by atoms with Gasteiger partial charge >= 0.3 is 5.97 Å². The van der Waals surface area contributed by atoms with Crippen LogP contribution in [0.3, 0.4) is 0 Å². The molecule has 154 valence electrons. The van der Waals surface area contributed by atoms with Gasteiger partial charge in [-0.3, -0.25) is 9.59 Å². The van der Waals surface area contributed by atoms with Gasteiger partial charge in [-0.1, -0.05) is 6.07 Å². The molecule has 0 aliphatic carbocycles. The molecule has 0 bridgehead atoms. The Morgan fingerprint density at radius 2 is 2.10 bits per heavy atom. The van der Waals surface area contributed by atoms with Gasteiger partial charge < -0.3 is 19.4 Å². The van der Waals surface area contributed by atoms with E-state index in [0.29, 0.717) is 33.9 Å². The van der Waals surface area contributed by atoms with Crippen LogP contribution in [0.25, 0.3) is 11.1 Å². The average Bonchev–Trinajstić information content (AvgIpc) is 3.29. The van der Waals surface area contributed by atoms with Gasteiger partial charge in [-0.05, 0) is 43.3 Å². The van der Waals surface area contributed by atoms with Crippen molar-refractivity contribution in [2.75, 3.05) is 23.4 Å².